The van der Waals surface area contributed by atoms with E-state index in [-0.39, 0.29) is 11.4 Å². The number of amides is 2. The minimum absolute atomic E-state index is 0.143. The summed E-state index contributed by atoms with van der Waals surface area (Å²) in [6, 6.07) is 13.4. The molecular weight excluding hydrogens is 372 g/mol. The summed E-state index contributed by atoms with van der Waals surface area (Å²) in [5.74, 6) is -1.51. The van der Waals surface area contributed by atoms with Crippen LogP contribution in [-0.4, -0.2) is 23.0 Å². The number of carbonyl (C=O) groups is 2. The maximum absolute atomic E-state index is 11.9. The van der Waals surface area contributed by atoms with Gasteiger partial charge in [0.25, 0.3) is 5.69 Å². The van der Waals surface area contributed by atoms with Crippen LogP contribution in [0.5, 0.6) is 0 Å². The van der Waals surface area contributed by atoms with Gasteiger partial charge < -0.3 is 5.32 Å². The van der Waals surface area contributed by atoms with Gasteiger partial charge >= 0.3 is 11.8 Å². The Bertz CT molecular complexity index is 963. The van der Waals surface area contributed by atoms with E-state index in [0.29, 0.717) is 5.92 Å². The van der Waals surface area contributed by atoms with Crippen molar-refractivity contribution in [2.24, 2.45) is 5.10 Å². The van der Waals surface area contributed by atoms with Crippen LogP contribution in [0, 0.1) is 10.1 Å². The van der Waals surface area contributed by atoms with E-state index in [1.165, 1.54) is 30.0 Å². The number of nitrogens with one attached hydrogen (secondary N) is 2. The highest BCUT2D eigenvalue weighted by molar-refractivity contribution is 6.39. The van der Waals surface area contributed by atoms with Gasteiger partial charge in [-0.3, -0.25) is 19.7 Å². The zero-order chi connectivity index (χ0) is 21.4. The monoisotopic (exact) mass is 394 g/mol. The van der Waals surface area contributed by atoms with Crippen molar-refractivity contribution in [3.8, 4) is 0 Å². The smallest absolute Gasteiger partial charge is 0.317 e. The number of hydrogen-bond donors (Lipinski definition) is 2. The van der Waals surface area contributed by atoms with E-state index < -0.39 is 16.7 Å². The maximum atomic E-state index is 11.9. The summed E-state index contributed by atoms with van der Waals surface area (Å²) < 4.78 is 0. The molecule has 150 valence electrons. The third-order valence-corrected chi connectivity index (χ3v) is 3.95. The minimum atomic E-state index is -0.984. The molecule has 2 N–H and O–H groups in total. The highest BCUT2D eigenvalue weighted by Gasteiger charge is 2.14. The predicted octanol–water partition coefficient (Wildman–Crippen LogP) is 3.86. The Hall–Kier alpha value is -3.81. The van der Waals surface area contributed by atoms with Crippen molar-refractivity contribution in [3.63, 3.8) is 0 Å². The molecule has 8 nitrogen and oxygen atoms in total. The first kappa shape index (κ1) is 21.5. The van der Waals surface area contributed by atoms with E-state index >= 15 is 0 Å². The Morgan fingerprint density at radius 1 is 1.10 bits per heavy atom. The van der Waals surface area contributed by atoms with Gasteiger partial charge in [-0.05, 0) is 35.6 Å². The average Bonchev–Trinajstić information content (AvgIpc) is 2.68. The first-order valence-electron chi connectivity index (χ1n) is 8.93. The Morgan fingerprint density at radius 3 is 2.41 bits per heavy atom. The molecule has 0 atom stereocenters. The summed E-state index contributed by atoms with van der Waals surface area (Å²) in [5.41, 5.74) is 5.09. The van der Waals surface area contributed by atoms with Crippen molar-refractivity contribution < 1.29 is 14.5 Å². The molecule has 2 aromatic rings. The van der Waals surface area contributed by atoms with E-state index in [4.69, 9.17) is 0 Å². The van der Waals surface area contributed by atoms with Gasteiger partial charge in [-0.15, -0.1) is 0 Å². The van der Waals surface area contributed by atoms with Crippen LogP contribution in [0.3, 0.4) is 0 Å². The molecule has 0 saturated carbocycles. The summed E-state index contributed by atoms with van der Waals surface area (Å²) in [5, 5.41) is 16.8. The quantitative estimate of drug-likeness (QED) is 0.335. The van der Waals surface area contributed by atoms with Crippen LogP contribution in [0.25, 0.3) is 6.08 Å². The molecule has 0 heterocycles. The standard InChI is InChI=1S/C21H22N4O4/c1-14(2)17-9-7-16(8-10-17)11-15(3)13-22-24-21(27)20(26)23-18-5-4-6-19(12-18)25(28)29/h4-14H,1-3H3,(H,23,26)(H,24,27). The number of nitro benzene ring substituents is 1. The van der Waals surface area contributed by atoms with Crippen LogP contribution in [-0.2, 0) is 9.59 Å². The number of nitro groups is 1. The molecule has 2 aromatic carbocycles. The molecule has 2 rings (SSSR count). The second-order valence-electron chi connectivity index (χ2n) is 6.67. The lowest BCUT2D eigenvalue weighted by Gasteiger charge is -2.05. The number of hydrogen-bond acceptors (Lipinski definition) is 5. The fourth-order valence-electron chi connectivity index (χ4n) is 2.41. The molecule has 0 fully saturated rings. The Kier molecular flexibility index (Phi) is 7.36. The summed E-state index contributed by atoms with van der Waals surface area (Å²) in [4.78, 5) is 33.8. The van der Waals surface area contributed by atoms with Crippen LogP contribution < -0.4 is 10.7 Å². The average molecular weight is 394 g/mol. The number of allylic oxidation sites excluding steroid dienone is 1. The highest BCUT2D eigenvalue weighted by Crippen LogP contribution is 2.17. The Morgan fingerprint density at radius 2 is 1.79 bits per heavy atom. The van der Waals surface area contributed by atoms with Crippen LogP contribution in [0.2, 0.25) is 0 Å². The Balaban J connectivity index is 1.91. The lowest BCUT2D eigenvalue weighted by Crippen LogP contribution is -2.32. The summed E-state index contributed by atoms with van der Waals surface area (Å²) in [6.45, 7) is 6.07. The molecule has 0 saturated heterocycles. The largest absolute Gasteiger partial charge is 0.329 e. The molecule has 0 bridgehead atoms. The van der Waals surface area contributed by atoms with Crippen molar-refractivity contribution >= 4 is 35.5 Å². The summed E-state index contributed by atoms with van der Waals surface area (Å²) >= 11 is 0. The van der Waals surface area contributed by atoms with E-state index in [2.05, 4.69) is 41.8 Å². The van der Waals surface area contributed by atoms with Crippen LogP contribution >= 0.6 is 0 Å². The van der Waals surface area contributed by atoms with Crippen LogP contribution in [0.1, 0.15) is 37.8 Å². The predicted molar refractivity (Wildman–Crippen MR) is 113 cm³/mol. The molecule has 8 heteroatoms. The van der Waals surface area contributed by atoms with Gasteiger partial charge in [0.05, 0.1) is 11.1 Å². The zero-order valence-electron chi connectivity index (χ0n) is 16.4. The number of rotatable bonds is 6. The first-order valence-corrected chi connectivity index (χ1v) is 8.93. The number of hydrazone groups is 1. The van der Waals surface area contributed by atoms with Crippen molar-refractivity contribution in [1.82, 2.24) is 5.43 Å². The number of benzene rings is 2. The van der Waals surface area contributed by atoms with E-state index in [1.54, 1.807) is 0 Å². The molecule has 0 spiro atoms. The number of nitrogens with zero attached hydrogens (tertiary/aromatic N) is 2. The van der Waals surface area contributed by atoms with Gasteiger partial charge in [-0.2, -0.15) is 5.10 Å². The van der Waals surface area contributed by atoms with Crippen LogP contribution in [0.4, 0.5) is 11.4 Å². The molecule has 0 unspecified atom stereocenters. The Labute approximate surface area is 168 Å². The molecule has 0 aliphatic carbocycles. The van der Waals surface area contributed by atoms with Gasteiger partial charge in [-0.1, -0.05) is 50.3 Å². The van der Waals surface area contributed by atoms with Gasteiger partial charge in [0.2, 0.25) is 0 Å². The van der Waals surface area contributed by atoms with E-state index in [1.807, 2.05) is 25.1 Å². The molecular formula is C21H22N4O4. The SMILES string of the molecule is CC(C=NNC(=O)C(=O)Nc1cccc([N+](=O)[O-])c1)=Cc1ccc(C(C)C)cc1. The maximum Gasteiger partial charge on any atom is 0.329 e. The van der Waals surface area contributed by atoms with E-state index in [9.17, 15) is 19.7 Å². The zero-order valence-corrected chi connectivity index (χ0v) is 16.4. The van der Waals surface area contributed by atoms with Crippen molar-refractivity contribution in [2.45, 2.75) is 26.7 Å². The van der Waals surface area contributed by atoms with Gasteiger partial charge in [0, 0.05) is 17.8 Å². The lowest BCUT2D eigenvalue weighted by atomic mass is 10.0. The molecule has 0 aliphatic rings. The summed E-state index contributed by atoms with van der Waals surface area (Å²) in [6.07, 6.45) is 3.32. The molecule has 0 radical (unpaired) electrons. The van der Waals surface area contributed by atoms with Gasteiger partial charge in [-0.25, -0.2) is 5.43 Å². The lowest BCUT2D eigenvalue weighted by molar-refractivity contribution is -0.384. The number of anilines is 1. The fourth-order valence-corrected chi connectivity index (χ4v) is 2.41. The van der Waals surface area contributed by atoms with Crippen molar-refractivity contribution in [1.29, 1.82) is 0 Å². The number of carbonyl (C=O) groups excluding carboxylic acids is 2. The van der Waals surface area contributed by atoms with Gasteiger partial charge in [0.1, 0.15) is 0 Å². The fraction of sp³-hybridized carbons (Fsp3) is 0.190. The minimum Gasteiger partial charge on any atom is -0.317 e. The third kappa shape index (κ3) is 6.69. The van der Waals surface area contributed by atoms with Crippen molar-refractivity contribution in [2.75, 3.05) is 5.32 Å². The topological polar surface area (TPSA) is 114 Å². The molecule has 0 aromatic heterocycles. The highest BCUT2D eigenvalue weighted by atomic mass is 16.6. The second-order valence-corrected chi connectivity index (χ2v) is 6.67. The first-order chi connectivity index (χ1) is 13.8. The normalized spacial score (nSPS) is 11.5. The van der Waals surface area contributed by atoms with Crippen LogP contribution in [0.15, 0.2) is 59.2 Å². The third-order valence-electron chi connectivity index (χ3n) is 3.95. The van der Waals surface area contributed by atoms with Gasteiger partial charge in [0.15, 0.2) is 0 Å². The van der Waals surface area contributed by atoms with E-state index in [0.717, 1.165) is 17.2 Å². The molecule has 2 amide bonds. The van der Waals surface area contributed by atoms with Crippen molar-refractivity contribution in [3.05, 3.63) is 75.3 Å². The molecule has 29 heavy (non-hydrogen) atoms. The second kappa shape index (κ2) is 9.93. The number of non-ortho nitro benzene ring substituents is 1. The summed E-state index contributed by atoms with van der Waals surface area (Å²) in [7, 11) is 0. The molecule has 0 aliphatic heterocycles.